The predicted molar refractivity (Wildman–Crippen MR) is 134 cm³/mol. The summed E-state index contributed by atoms with van der Waals surface area (Å²) >= 11 is 0. The molecule has 1 N–H and O–H groups in total. The maximum absolute atomic E-state index is 10.2. The van der Waals surface area contributed by atoms with E-state index in [4.69, 9.17) is 5.11 Å². The first-order valence-corrected chi connectivity index (χ1v) is 13.0. The van der Waals surface area contributed by atoms with E-state index in [2.05, 4.69) is 36.5 Å². The second kappa shape index (κ2) is 26.2. The fourth-order valence-electron chi connectivity index (χ4n) is 3.72. The number of carboxylic acid groups (broad SMARTS) is 1. The Bertz CT molecular complexity index is 585. The number of aliphatic carboxylic acids is 1. The van der Waals surface area contributed by atoms with Crippen LogP contribution < -0.4 is 0 Å². The zero-order valence-electron chi connectivity index (χ0n) is 20.2. The third kappa shape index (κ3) is 28.2. The van der Waals surface area contributed by atoms with E-state index in [0.29, 0.717) is 0 Å². The van der Waals surface area contributed by atoms with Crippen molar-refractivity contribution in [2.75, 3.05) is 0 Å². The molecule has 0 heterocycles. The Morgan fingerprint density at radius 2 is 0.871 bits per heavy atom. The van der Waals surface area contributed by atoms with E-state index in [0.717, 1.165) is 12.8 Å². The van der Waals surface area contributed by atoms with Crippen LogP contribution in [-0.2, 0) is 4.79 Å². The molecule has 31 heavy (non-hydrogen) atoms. The van der Waals surface area contributed by atoms with E-state index in [9.17, 15) is 4.79 Å². The third-order valence-electron chi connectivity index (χ3n) is 5.60. The van der Waals surface area contributed by atoms with Crippen molar-refractivity contribution < 1.29 is 9.90 Å². The fraction of sp³-hybridized carbons (Fsp3) is 0.759. The van der Waals surface area contributed by atoms with Crippen LogP contribution in [0.25, 0.3) is 0 Å². The van der Waals surface area contributed by atoms with Gasteiger partial charge in [-0.2, -0.15) is 0 Å². The normalized spacial score (nSPS) is 9.71. The van der Waals surface area contributed by atoms with Gasteiger partial charge in [-0.25, -0.2) is 4.79 Å². The summed E-state index contributed by atoms with van der Waals surface area (Å²) < 4.78 is 0. The minimum absolute atomic E-state index is 0.861. The molecule has 174 valence electrons. The Morgan fingerprint density at radius 1 is 0.516 bits per heavy atom. The van der Waals surface area contributed by atoms with Crippen LogP contribution in [0, 0.1) is 35.5 Å². The zero-order chi connectivity index (χ0) is 22.7. The van der Waals surface area contributed by atoms with E-state index in [-0.39, 0.29) is 0 Å². The molecule has 0 fully saturated rings. The van der Waals surface area contributed by atoms with Crippen molar-refractivity contribution in [1.82, 2.24) is 0 Å². The molecule has 0 saturated heterocycles. The maximum atomic E-state index is 10.2. The highest BCUT2D eigenvalue weighted by molar-refractivity contribution is 5.87. The van der Waals surface area contributed by atoms with Gasteiger partial charge in [-0.05, 0) is 30.1 Å². The van der Waals surface area contributed by atoms with Gasteiger partial charge in [-0.15, -0.1) is 0 Å². The quantitative estimate of drug-likeness (QED) is 0.157. The van der Waals surface area contributed by atoms with E-state index in [1.165, 1.54) is 122 Å². The molecule has 0 rings (SSSR count). The van der Waals surface area contributed by atoms with Gasteiger partial charge < -0.3 is 5.11 Å². The van der Waals surface area contributed by atoms with E-state index < -0.39 is 5.97 Å². The van der Waals surface area contributed by atoms with Crippen LogP contribution in [0.4, 0.5) is 0 Å². The Hall–Kier alpha value is -1.85. The maximum Gasteiger partial charge on any atom is 0.382 e. The second-order valence-corrected chi connectivity index (χ2v) is 8.57. The lowest BCUT2D eigenvalue weighted by atomic mass is 10.0. The topological polar surface area (TPSA) is 37.3 Å². The van der Waals surface area contributed by atoms with Crippen LogP contribution in [0.2, 0.25) is 0 Å². The summed E-state index contributed by atoms with van der Waals surface area (Å²) in [5.74, 6) is 13.7. The molecule has 0 aliphatic carbocycles. The Morgan fingerprint density at radius 3 is 1.26 bits per heavy atom. The van der Waals surface area contributed by atoms with E-state index >= 15 is 0 Å². The lowest BCUT2D eigenvalue weighted by Gasteiger charge is -2.04. The Balaban J connectivity index is 3.18. The molecule has 0 aliphatic heterocycles. The molecule has 0 spiro atoms. The Labute approximate surface area is 193 Å². The molecular formula is C29H46O2. The molecule has 2 heteroatoms. The highest BCUT2D eigenvalue weighted by Gasteiger charge is 1.95. The van der Waals surface area contributed by atoms with Crippen molar-refractivity contribution in [3.63, 3.8) is 0 Å². The molecule has 0 radical (unpaired) electrons. The fourth-order valence-corrected chi connectivity index (χ4v) is 3.72. The van der Waals surface area contributed by atoms with Crippen LogP contribution in [0.15, 0.2) is 0 Å². The van der Waals surface area contributed by atoms with Crippen molar-refractivity contribution in [3.8, 4) is 35.5 Å². The number of carboxylic acids is 1. The summed E-state index contributed by atoms with van der Waals surface area (Å²) in [5, 5.41) is 8.32. The average Bonchev–Trinajstić information content (AvgIpc) is 2.76. The average molecular weight is 427 g/mol. The van der Waals surface area contributed by atoms with Gasteiger partial charge in [0.1, 0.15) is 0 Å². The molecule has 0 atom stereocenters. The molecule has 2 nitrogen and oxygen atoms in total. The summed E-state index contributed by atoms with van der Waals surface area (Å²) in [6.07, 6.45) is 28.7. The first kappa shape index (κ1) is 29.1. The molecular weight excluding hydrogens is 380 g/mol. The Kier molecular flexibility index (Phi) is 24.6. The molecule has 0 bridgehead atoms. The van der Waals surface area contributed by atoms with Gasteiger partial charge in [-0.1, -0.05) is 135 Å². The second-order valence-electron chi connectivity index (χ2n) is 8.57. The molecule has 0 aromatic heterocycles. The van der Waals surface area contributed by atoms with E-state index in [1.54, 1.807) is 0 Å². The highest BCUT2D eigenvalue weighted by atomic mass is 16.4. The number of carbonyl (C=O) groups is 1. The van der Waals surface area contributed by atoms with Gasteiger partial charge >= 0.3 is 5.97 Å². The van der Waals surface area contributed by atoms with Crippen molar-refractivity contribution in [3.05, 3.63) is 0 Å². The predicted octanol–water partition coefficient (Wildman–Crippen LogP) is 8.29. The summed E-state index contributed by atoms with van der Waals surface area (Å²) in [4.78, 5) is 10.2. The lowest BCUT2D eigenvalue weighted by Crippen LogP contribution is -1.85. The molecule has 0 aromatic rings. The van der Waals surface area contributed by atoms with Crippen LogP contribution in [0.5, 0.6) is 0 Å². The van der Waals surface area contributed by atoms with Crippen LogP contribution in [0.1, 0.15) is 142 Å². The molecule has 0 amide bonds. The van der Waals surface area contributed by atoms with Crippen LogP contribution in [-0.4, -0.2) is 11.1 Å². The van der Waals surface area contributed by atoms with Gasteiger partial charge in [0.05, 0.1) is 0 Å². The van der Waals surface area contributed by atoms with Crippen LogP contribution >= 0.6 is 0 Å². The lowest BCUT2D eigenvalue weighted by molar-refractivity contribution is -0.130. The molecule has 0 unspecified atom stereocenters. The number of hydrogen-bond donors (Lipinski definition) is 1. The minimum Gasteiger partial charge on any atom is -0.472 e. The van der Waals surface area contributed by atoms with Gasteiger partial charge in [0.25, 0.3) is 0 Å². The summed E-state index contributed by atoms with van der Waals surface area (Å²) in [6.45, 7) is 2.29. The monoisotopic (exact) mass is 426 g/mol. The van der Waals surface area contributed by atoms with Gasteiger partial charge in [0, 0.05) is 12.3 Å². The van der Waals surface area contributed by atoms with Crippen molar-refractivity contribution in [2.45, 2.75) is 142 Å². The largest absolute Gasteiger partial charge is 0.472 e. The van der Waals surface area contributed by atoms with Gasteiger partial charge in [0.15, 0.2) is 0 Å². The highest BCUT2D eigenvalue weighted by Crippen LogP contribution is 2.14. The molecule has 0 aromatic carbocycles. The van der Waals surface area contributed by atoms with Gasteiger partial charge in [0.2, 0.25) is 0 Å². The van der Waals surface area contributed by atoms with E-state index in [1.807, 2.05) is 5.92 Å². The zero-order valence-corrected chi connectivity index (χ0v) is 20.2. The summed E-state index contributed by atoms with van der Waals surface area (Å²) in [7, 11) is 0. The number of unbranched alkanes of at least 4 members (excludes halogenated alkanes) is 20. The SMILES string of the molecule is CCCCCCCCCCCCCCCCCCCCCCC#CC#CC#CC(=O)O. The summed E-state index contributed by atoms with van der Waals surface area (Å²) in [5.41, 5.74) is 0. The van der Waals surface area contributed by atoms with Crippen molar-refractivity contribution in [2.24, 2.45) is 0 Å². The summed E-state index contributed by atoms with van der Waals surface area (Å²) in [6, 6.07) is 0. The number of hydrogen-bond acceptors (Lipinski definition) is 1. The third-order valence-corrected chi connectivity index (χ3v) is 5.60. The number of rotatable bonds is 20. The van der Waals surface area contributed by atoms with Crippen molar-refractivity contribution in [1.29, 1.82) is 0 Å². The molecule has 0 aliphatic rings. The smallest absolute Gasteiger partial charge is 0.382 e. The first-order chi connectivity index (χ1) is 15.3. The van der Waals surface area contributed by atoms with Crippen molar-refractivity contribution >= 4 is 5.97 Å². The van der Waals surface area contributed by atoms with Crippen LogP contribution in [0.3, 0.4) is 0 Å². The minimum atomic E-state index is -1.16. The molecule has 0 saturated carbocycles. The standard InChI is InChI=1S/C29H46O2/c1-2-3-4-5-6-7-8-9-10-11-12-13-14-15-16-17-18-19-20-21-22-23-24-25-26-27-28-29(30)31/h2-22H2,1H3,(H,30,31). The van der Waals surface area contributed by atoms with Gasteiger partial charge in [-0.3, -0.25) is 0 Å². The first-order valence-electron chi connectivity index (χ1n) is 13.0.